The summed E-state index contributed by atoms with van der Waals surface area (Å²) in [6, 6.07) is 16.2. The van der Waals surface area contributed by atoms with Crippen molar-refractivity contribution in [3.8, 4) is 0 Å². The zero-order valence-corrected chi connectivity index (χ0v) is 14.8. The molecule has 0 aliphatic rings. The standard InChI is InChI=1S/C20H22F3S/c1-3-15(2)12-13-24-19(16-8-5-4-6-9-16)17-10-7-11-18(14-17)20(21,22)23/h4-5,7-11,14-15,19H,3,12-13H2,1-2H3. The topological polar surface area (TPSA) is 0 Å². The maximum absolute atomic E-state index is 13.0. The lowest BCUT2D eigenvalue weighted by Gasteiger charge is -2.20. The molecule has 0 saturated heterocycles. The smallest absolute Gasteiger partial charge is 0.166 e. The number of hydrogen-bond donors (Lipinski definition) is 0. The maximum atomic E-state index is 13.0. The van der Waals surface area contributed by atoms with Gasteiger partial charge in [0.15, 0.2) is 0 Å². The minimum Gasteiger partial charge on any atom is -0.166 e. The molecule has 0 aliphatic carbocycles. The summed E-state index contributed by atoms with van der Waals surface area (Å²) in [5.41, 5.74) is 1.09. The van der Waals surface area contributed by atoms with Crippen molar-refractivity contribution in [1.29, 1.82) is 0 Å². The first kappa shape index (κ1) is 18.9. The highest BCUT2D eigenvalue weighted by Gasteiger charge is 2.31. The average Bonchev–Trinajstić information content (AvgIpc) is 2.58. The van der Waals surface area contributed by atoms with Crippen LogP contribution in [0.5, 0.6) is 0 Å². The molecule has 24 heavy (non-hydrogen) atoms. The Hall–Kier alpha value is -1.42. The Morgan fingerprint density at radius 3 is 2.50 bits per heavy atom. The van der Waals surface area contributed by atoms with Gasteiger partial charge in [0.25, 0.3) is 0 Å². The van der Waals surface area contributed by atoms with Crippen LogP contribution in [0.4, 0.5) is 13.2 Å². The molecule has 0 amide bonds. The molecule has 0 N–H and O–H groups in total. The Labute approximate surface area is 146 Å². The number of thioether (sulfide) groups is 1. The summed E-state index contributed by atoms with van der Waals surface area (Å²) in [5, 5.41) is -0.103. The van der Waals surface area contributed by atoms with Gasteiger partial charge in [0, 0.05) is 0 Å². The molecule has 2 atom stereocenters. The number of alkyl halides is 3. The van der Waals surface area contributed by atoms with Gasteiger partial charge in [-0.05, 0) is 47.4 Å². The molecule has 0 nitrogen and oxygen atoms in total. The van der Waals surface area contributed by atoms with Gasteiger partial charge in [-0.25, -0.2) is 0 Å². The van der Waals surface area contributed by atoms with Crippen LogP contribution in [0.15, 0.2) is 48.5 Å². The number of hydrogen-bond acceptors (Lipinski definition) is 1. The van der Waals surface area contributed by atoms with Gasteiger partial charge in [-0.3, -0.25) is 0 Å². The van der Waals surface area contributed by atoms with Gasteiger partial charge < -0.3 is 0 Å². The Morgan fingerprint density at radius 1 is 1.12 bits per heavy atom. The third kappa shape index (κ3) is 5.30. The van der Waals surface area contributed by atoms with Gasteiger partial charge in [-0.15, -0.1) is 11.8 Å². The van der Waals surface area contributed by atoms with Crippen molar-refractivity contribution in [2.45, 2.75) is 38.1 Å². The second-order valence-electron chi connectivity index (χ2n) is 6.01. The van der Waals surface area contributed by atoms with E-state index in [0.717, 1.165) is 30.2 Å². The Bertz CT molecular complexity index is 622. The van der Waals surface area contributed by atoms with E-state index in [1.807, 2.05) is 18.2 Å². The molecule has 2 aromatic carbocycles. The van der Waals surface area contributed by atoms with Crippen LogP contribution in [-0.2, 0) is 6.18 Å². The van der Waals surface area contributed by atoms with Crippen LogP contribution in [0, 0.1) is 12.0 Å². The molecule has 0 fully saturated rings. The van der Waals surface area contributed by atoms with Crippen LogP contribution in [0.2, 0.25) is 0 Å². The second kappa shape index (κ2) is 8.61. The molecule has 2 rings (SSSR count). The van der Waals surface area contributed by atoms with Gasteiger partial charge in [-0.1, -0.05) is 56.7 Å². The van der Waals surface area contributed by atoms with Crippen LogP contribution in [-0.4, -0.2) is 5.75 Å². The summed E-state index contributed by atoms with van der Waals surface area (Å²) in [5.74, 6) is 1.55. The summed E-state index contributed by atoms with van der Waals surface area (Å²) in [7, 11) is 0. The zero-order chi connectivity index (χ0) is 17.6. The third-order valence-corrected chi connectivity index (χ3v) is 5.49. The van der Waals surface area contributed by atoms with E-state index in [2.05, 4.69) is 19.9 Å². The maximum Gasteiger partial charge on any atom is 0.416 e. The SMILES string of the molecule is CCC(C)CCSC(c1c[c]ccc1)c1cccc(C(F)(F)F)c1. The van der Waals surface area contributed by atoms with Gasteiger partial charge >= 0.3 is 6.18 Å². The van der Waals surface area contributed by atoms with Crippen molar-refractivity contribution in [1.82, 2.24) is 0 Å². The molecular formula is C20H22F3S. The molecule has 129 valence electrons. The number of halogens is 3. The first-order chi connectivity index (χ1) is 11.4. The molecule has 2 unspecified atom stereocenters. The van der Waals surface area contributed by atoms with E-state index in [0.29, 0.717) is 11.5 Å². The van der Waals surface area contributed by atoms with Gasteiger partial charge in [0.2, 0.25) is 0 Å². The average molecular weight is 351 g/mol. The van der Waals surface area contributed by atoms with Crippen LogP contribution < -0.4 is 0 Å². The molecule has 1 radical (unpaired) electrons. The highest BCUT2D eigenvalue weighted by atomic mass is 32.2. The molecule has 0 spiro atoms. The van der Waals surface area contributed by atoms with Gasteiger partial charge in [0.05, 0.1) is 10.8 Å². The lowest BCUT2D eigenvalue weighted by molar-refractivity contribution is -0.137. The second-order valence-corrected chi connectivity index (χ2v) is 7.23. The van der Waals surface area contributed by atoms with Crippen LogP contribution in [0.3, 0.4) is 0 Å². The fourth-order valence-electron chi connectivity index (χ4n) is 2.42. The molecule has 0 bridgehead atoms. The fourth-order valence-corrected chi connectivity index (χ4v) is 3.88. The van der Waals surface area contributed by atoms with Crippen molar-refractivity contribution in [2.24, 2.45) is 5.92 Å². The lowest BCUT2D eigenvalue weighted by atomic mass is 10.0. The molecule has 0 heterocycles. The molecule has 0 aromatic heterocycles. The normalized spacial score (nSPS) is 14.4. The fraction of sp³-hybridized carbons (Fsp3) is 0.400. The predicted molar refractivity (Wildman–Crippen MR) is 95.1 cm³/mol. The third-order valence-electron chi connectivity index (χ3n) is 4.14. The quantitative estimate of drug-likeness (QED) is 0.531. The molecule has 2 aromatic rings. The monoisotopic (exact) mass is 351 g/mol. The summed E-state index contributed by atoms with van der Waals surface area (Å²) in [6.07, 6.45) is -2.13. The number of benzene rings is 2. The Morgan fingerprint density at radius 2 is 1.88 bits per heavy atom. The van der Waals surface area contributed by atoms with Crippen molar-refractivity contribution in [3.63, 3.8) is 0 Å². The molecule has 0 saturated carbocycles. The number of rotatable bonds is 7. The lowest BCUT2D eigenvalue weighted by Crippen LogP contribution is -2.07. The van der Waals surface area contributed by atoms with E-state index in [-0.39, 0.29) is 5.25 Å². The van der Waals surface area contributed by atoms with Crippen LogP contribution >= 0.6 is 11.8 Å². The van der Waals surface area contributed by atoms with E-state index >= 15 is 0 Å². The Balaban J connectivity index is 2.26. The highest BCUT2D eigenvalue weighted by Crippen LogP contribution is 2.39. The summed E-state index contributed by atoms with van der Waals surface area (Å²) in [6.45, 7) is 4.36. The summed E-state index contributed by atoms with van der Waals surface area (Å²) >= 11 is 1.70. The van der Waals surface area contributed by atoms with E-state index in [9.17, 15) is 13.2 Å². The van der Waals surface area contributed by atoms with Crippen LogP contribution in [0.1, 0.15) is 48.6 Å². The van der Waals surface area contributed by atoms with Gasteiger partial charge in [0.1, 0.15) is 0 Å². The Kier molecular flexibility index (Phi) is 6.79. The first-order valence-electron chi connectivity index (χ1n) is 8.16. The highest BCUT2D eigenvalue weighted by molar-refractivity contribution is 7.99. The molecular weight excluding hydrogens is 329 g/mol. The van der Waals surface area contributed by atoms with E-state index in [1.165, 1.54) is 12.1 Å². The van der Waals surface area contributed by atoms with Crippen molar-refractivity contribution in [3.05, 3.63) is 71.3 Å². The summed E-state index contributed by atoms with van der Waals surface area (Å²) < 4.78 is 39.1. The van der Waals surface area contributed by atoms with Crippen LogP contribution in [0.25, 0.3) is 0 Å². The minimum atomic E-state index is -4.31. The van der Waals surface area contributed by atoms with Gasteiger partial charge in [-0.2, -0.15) is 13.2 Å². The largest absolute Gasteiger partial charge is 0.416 e. The zero-order valence-electron chi connectivity index (χ0n) is 13.9. The van der Waals surface area contributed by atoms with Crippen molar-refractivity contribution in [2.75, 3.05) is 5.75 Å². The van der Waals surface area contributed by atoms with Crippen molar-refractivity contribution >= 4 is 11.8 Å². The van der Waals surface area contributed by atoms with Crippen molar-refractivity contribution < 1.29 is 13.2 Å². The first-order valence-corrected chi connectivity index (χ1v) is 9.21. The minimum absolute atomic E-state index is 0.103. The molecule has 0 aliphatic heterocycles. The van der Waals surface area contributed by atoms with E-state index in [1.54, 1.807) is 23.9 Å². The molecule has 4 heteroatoms. The van der Waals surface area contributed by atoms with E-state index < -0.39 is 11.7 Å². The predicted octanol–water partition coefficient (Wildman–Crippen LogP) is 6.76. The van der Waals surface area contributed by atoms with E-state index in [4.69, 9.17) is 0 Å². The summed E-state index contributed by atoms with van der Waals surface area (Å²) in [4.78, 5) is 0.